The number of hydrogen-bond acceptors (Lipinski definition) is 6. The van der Waals surface area contributed by atoms with Gasteiger partial charge in [0.1, 0.15) is 18.2 Å². The molecule has 0 spiro atoms. The Morgan fingerprint density at radius 3 is 2.82 bits per heavy atom. The van der Waals surface area contributed by atoms with Crippen LogP contribution >= 0.6 is 11.6 Å². The van der Waals surface area contributed by atoms with Crippen LogP contribution in [0.25, 0.3) is 11.1 Å². The Labute approximate surface area is 134 Å². The van der Waals surface area contributed by atoms with Crippen LogP contribution in [0.3, 0.4) is 0 Å². The summed E-state index contributed by atoms with van der Waals surface area (Å²) in [5.41, 5.74) is 1.33. The molecule has 0 radical (unpaired) electrons. The number of nitrogens with zero attached hydrogens (tertiary/aromatic N) is 3. The summed E-state index contributed by atoms with van der Waals surface area (Å²) < 4.78 is 5.46. The number of hydrogen-bond donors (Lipinski definition) is 1. The summed E-state index contributed by atoms with van der Waals surface area (Å²) in [7, 11) is 0. The minimum atomic E-state index is -0.628. The Bertz CT molecular complexity index is 592. The third-order valence-electron chi connectivity index (χ3n) is 3.25. The normalized spacial score (nSPS) is 13.8. The Morgan fingerprint density at radius 2 is 2.14 bits per heavy atom. The number of oxazole rings is 1. The molecule has 7 heteroatoms. The van der Waals surface area contributed by atoms with Crippen LogP contribution in [0, 0.1) is 0 Å². The Kier molecular flexibility index (Phi) is 6.18. The average Bonchev–Trinajstić information content (AvgIpc) is 2.96. The number of para-hydroxylation sites is 2. The van der Waals surface area contributed by atoms with E-state index in [0.717, 1.165) is 13.1 Å². The van der Waals surface area contributed by atoms with Gasteiger partial charge in [-0.3, -0.25) is 0 Å². The Hall–Kier alpha value is -1.63. The van der Waals surface area contributed by atoms with E-state index in [1.807, 2.05) is 32.0 Å². The molecule has 1 aromatic carbocycles. The zero-order chi connectivity index (χ0) is 15.9. The van der Waals surface area contributed by atoms with Gasteiger partial charge in [0, 0.05) is 6.54 Å². The van der Waals surface area contributed by atoms with Crippen LogP contribution in [0.4, 0.5) is 0 Å². The number of aliphatic hydroxyl groups is 1. The van der Waals surface area contributed by atoms with Crippen molar-refractivity contribution >= 4 is 27.9 Å². The topological polar surface area (TPSA) is 71.1 Å². The van der Waals surface area contributed by atoms with E-state index >= 15 is 0 Å². The standard InChI is InChI=1S/C15H20ClN3O3/c1-3-19(4-2)9-11(20)10-21-18-14(16)15-17-12-7-5-6-8-13(12)22-15/h5-8,11,20H,3-4,9-10H2,1-2H3/b18-14-. The molecule has 0 amide bonds. The molecule has 6 nitrogen and oxygen atoms in total. The predicted octanol–water partition coefficient (Wildman–Crippen LogP) is 2.45. The zero-order valence-corrected chi connectivity index (χ0v) is 13.5. The molecule has 0 bridgehead atoms. The maximum atomic E-state index is 9.86. The minimum absolute atomic E-state index is 0.0197. The smallest absolute Gasteiger partial charge is 0.261 e. The van der Waals surface area contributed by atoms with Gasteiger partial charge in [0.2, 0.25) is 5.17 Å². The number of rotatable bonds is 8. The van der Waals surface area contributed by atoms with Crippen LogP contribution in [0.1, 0.15) is 19.7 Å². The lowest BCUT2D eigenvalue weighted by Gasteiger charge is -2.20. The van der Waals surface area contributed by atoms with Gasteiger partial charge < -0.3 is 19.3 Å². The van der Waals surface area contributed by atoms with Crippen LogP contribution in [-0.2, 0) is 4.84 Å². The molecular weight excluding hydrogens is 306 g/mol. The highest BCUT2D eigenvalue weighted by Gasteiger charge is 2.12. The van der Waals surface area contributed by atoms with Gasteiger partial charge in [-0.2, -0.15) is 0 Å². The number of halogens is 1. The van der Waals surface area contributed by atoms with Crippen molar-refractivity contribution in [2.24, 2.45) is 5.16 Å². The molecule has 0 aliphatic heterocycles. The van der Waals surface area contributed by atoms with Crippen LogP contribution < -0.4 is 0 Å². The van der Waals surface area contributed by atoms with Gasteiger partial charge in [0.15, 0.2) is 5.58 Å². The molecule has 0 aliphatic carbocycles. The number of fused-ring (bicyclic) bond motifs is 1. The highest BCUT2D eigenvalue weighted by molar-refractivity contribution is 6.68. The SMILES string of the molecule is CCN(CC)CC(O)CO/N=C(\Cl)c1nc2ccccc2o1. The lowest BCUT2D eigenvalue weighted by molar-refractivity contribution is 0.0210. The molecule has 1 heterocycles. The summed E-state index contributed by atoms with van der Waals surface area (Å²) in [4.78, 5) is 11.4. The van der Waals surface area contributed by atoms with Gasteiger partial charge in [0.25, 0.3) is 5.89 Å². The highest BCUT2D eigenvalue weighted by Crippen LogP contribution is 2.16. The fourth-order valence-electron chi connectivity index (χ4n) is 2.01. The maximum Gasteiger partial charge on any atom is 0.261 e. The van der Waals surface area contributed by atoms with Gasteiger partial charge in [-0.1, -0.05) is 42.7 Å². The average molecular weight is 326 g/mol. The van der Waals surface area contributed by atoms with Crippen LogP contribution in [0.5, 0.6) is 0 Å². The minimum Gasteiger partial charge on any atom is -0.434 e. The second-order valence-electron chi connectivity index (χ2n) is 4.80. The molecular formula is C15H20ClN3O3. The van der Waals surface area contributed by atoms with E-state index in [0.29, 0.717) is 17.6 Å². The third-order valence-corrected chi connectivity index (χ3v) is 3.48. The van der Waals surface area contributed by atoms with E-state index in [2.05, 4.69) is 15.0 Å². The molecule has 1 aromatic heterocycles. The molecule has 1 atom stereocenters. The van der Waals surface area contributed by atoms with Gasteiger partial charge >= 0.3 is 0 Å². The molecule has 0 fully saturated rings. The molecule has 2 rings (SSSR count). The lowest BCUT2D eigenvalue weighted by atomic mass is 10.3. The molecule has 0 saturated heterocycles. The van der Waals surface area contributed by atoms with Gasteiger partial charge in [0.05, 0.1) is 0 Å². The van der Waals surface area contributed by atoms with Gasteiger partial charge in [-0.05, 0) is 25.2 Å². The van der Waals surface area contributed by atoms with E-state index < -0.39 is 6.10 Å². The largest absolute Gasteiger partial charge is 0.434 e. The fraction of sp³-hybridized carbons (Fsp3) is 0.467. The summed E-state index contributed by atoms with van der Waals surface area (Å²) in [5.74, 6) is 0.195. The van der Waals surface area contributed by atoms with Gasteiger partial charge in [-0.15, -0.1) is 0 Å². The fourth-order valence-corrected chi connectivity index (χ4v) is 2.14. The van der Waals surface area contributed by atoms with Crippen molar-refractivity contribution < 1.29 is 14.4 Å². The van der Waals surface area contributed by atoms with Crippen molar-refractivity contribution in [3.63, 3.8) is 0 Å². The van der Waals surface area contributed by atoms with Crippen molar-refractivity contribution in [1.82, 2.24) is 9.88 Å². The second-order valence-corrected chi connectivity index (χ2v) is 5.16. The second kappa shape index (κ2) is 8.12. The van der Waals surface area contributed by atoms with Crippen LogP contribution in [-0.4, -0.2) is 52.5 Å². The summed E-state index contributed by atoms with van der Waals surface area (Å²) in [6, 6.07) is 7.33. The number of benzene rings is 1. The molecule has 1 N–H and O–H groups in total. The van der Waals surface area contributed by atoms with Crippen LogP contribution in [0.2, 0.25) is 0 Å². The first-order chi connectivity index (χ1) is 10.6. The summed E-state index contributed by atoms with van der Waals surface area (Å²) >= 11 is 6.00. The first kappa shape index (κ1) is 16.7. The van der Waals surface area contributed by atoms with E-state index in [-0.39, 0.29) is 17.7 Å². The summed E-state index contributed by atoms with van der Waals surface area (Å²) in [5, 5.41) is 13.6. The summed E-state index contributed by atoms with van der Waals surface area (Å²) in [6.45, 7) is 6.43. The van der Waals surface area contributed by atoms with Crippen LogP contribution in [0.15, 0.2) is 33.8 Å². The molecule has 0 aliphatic rings. The van der Waals surface area contributed by atoms with Crippen molar-refractivity contribution in [3.8, 4) is 0 Å². The number of aromatic nitrogens is 1. The first-order valence-electron chi connectivity index (χ1n) is 7.25. The first-order valence-corrected chi connectivity index (χ1v) is 7.63. The van der Waals surface area contributed by atoms with E-state index in [1.54, 1.807) is 6.07 Å². The Balaban J connectivity index is 1.89. The van der Waals surface area contributed by atoms with Crippen molar-refractivity contribution in [3.05, 3.63) is 30.2 Å². The summed E-state index contributed by atoms with van der Waals surface area (Å²) in [6.07, 6.45) is -0.628. The number of likely N-dealkylation sites (N-methyl/N-ethyl adjacent to an activating group) is 1. The van der Waals surface area contributed by atoms with E-state index in [1.165, 1.54) is 0 Å². The molecule has 0 saturated carbocycles. The van der Waals surface area contributed by atoms with Crippen molar-refractivity contribution in [2.45, 2.75) is 20.0 Å². The number of oxime groups is 1. The maximum absolute atomic E-state index is 9.86. The van der Waals surface area contributed by atoms with E-state index in [9.17, 15) is 5.11 Å². The highest BCUT2D eigenvalue weighted by atomic mass is 35.5. The molecule has 2 aromatic rings. The molecule has 1 unspecified atom stereocenters. The lowest BCUT2D eigenvalue weighted by Crippen LogP contribution is -2.34. The third kappa shape index (κ3) is 4.43. The van der Waals surface area contributed by atoms with Crippen molar-refractivity contribution in [2.75, 3.05) is 26.2 Å². The predicted molar refractivity (Wildman–Crippen MR) is 86.1 cm³/mol. The van der Waals surface area contributed by atoms with Gasteiger partial charge in [-0.25, -0.2) is 4.98 Å². The molecule has 120 valence electrons. The molecule has 22 heavy (non-hydrogen) atoms. The zero-order valence-electron chi connectivity index (χ0n) is 12.7. The Morgan fingerprint density at radius 1 is 1.41 bits per heavy atom. The van der Waals surface area contributed by atoms with E-state index in [4.69, 9.17) is 20.9 Å². The quantitative estimate of drug-likeness (QED) is 0.596. The van der Waals surface area contributed by atoms with Crippen molar-refractivity contribution in [1.29, 1.82) is 0 Å². The monoisotopic (exact) mass is 325 g/mol. The number of aliphatic hydroxyl groups excluding tert-OH is 1.